The monoisotopic (exact) mass is 502 g/mol. The largest absolute Gasteiger partial charge is 0.506 e. The zero-order chi connectivity index (χ0) is 25.4. The van der Waals surface area contributed by atoms with Gasteiger partial charge in [0.05, 0.1) is 11.0 Å². The maximum atomic E-state index is 12.9. The topological polar surface area (TPSA) is 74.6 Å². The molecular weight excluding hydrogens is 456 g/mol. The van der Waals surface area contributed by atoms with E-state index in [1.807, 2.05) is 13.0 Å². The molecule has 0 heterocycles. The number of aliphatic hydroxyl groups is 1. The van der Waals surface area contributed by atoms with Crippen molar-refractivity contribution in [1.82, 2.24) is 0 Å². The maximum absolute atomic E-state index is 12.9. The number of phenols is 1. The summed E-state index contributed by atoms with van der Waals surface area (Å²) in [6, 6.07) is 13.3. The van der Waals surface area contributed by atoms with Crippen LogP contribution in [0.2, 0.25) is 0 Å². The van der Waals surface area contributed by atoms with Crippen LogP contribution < -0.4 is 0 Å². The number of benzene rings is 2. The van der Waals surface area contributed by atoms with Crippen molar-refractivity contribution in [3.8, 4) is 5.75 Å². The molecule has 0 saturated carbocycles. The number of unbranched alkanes of at least 4 members (excludes halogenated alkanes) is 13. The molecule has 0 aromatic heterocycles. The molecule has 2 aromatic rings. The van der Waals surface area contributed by atoms with Crippen molar-refractivity contribution in [3.05, 3.63) is 54.1 Å². The Morgan fingerprint density at radius 2 is 1.14 bits per heavy atom. The molecule has 1 atom stereocenters. The molecule has 0 radical (unpaired) electrons. The first-order valence-corrected chi connectivity index (χ1v) is 15.2. The predicted octanol–water partition coefficient (Wildman–Crippen LogP) is 8.00. The molecule has 1 unspecified atom stereocenters. The van der Waals surface area contributed by atoms with Crippen LogP contribution in [-0.2, 0) is 16.3 Å². The fourth-order valence-corrected chi connectivity index (χ4v) is 6.00. The Bertz CT molecular complexity index is 923. The summed E-state index contributed by atoms with van der Waals surface area (Å²) in [7, 11) is -3.71. The highest BCUT2D eigenvalue weighted by Crippen LogP contribution is 2.32. The molecule has 2 rings (SSSR count). The molecule has 2 aromatic carbocycles. The van der Waals surface area contributed by atoms with Gasteiger partial charge in [-0.15, -0.1) is 0 Å². The number of para-hydroxylation sites is 1. The van der Waals surface area contributed by atoms with Gasteiger partial charge in [0, 0.05) is 0 Å². The third-order valence-corrected chi connectivity index (χ3v) is 8.54. The quantitative estimate of drug-likeness (QED) is 0.191. The van der Waals surface area contributed by atoms with E-state index < -0.39 is 9.84 Å². The molecule has 5 heteroatoms. The zero-order valence-corrected chi connectivity index (χ0v) is 22.4. The minimum absolute atomic E-state index is 0.00229. The smallest absolute Gasteiger partial charge is 0.210 e. The van der Waals surface area contributed by atoms with Crippen LogP contribution in [0.15, 0.2) is 58.3 Å². The van der Waals surface area contributed by atoms with Gasteiger partial charge in [0.15, 0.2) is 0 Å². The first kappa shape index (κ1) is 29.4. The number of rotatable bonds is 19. The fraction of sp³-hybridized carbons (Fsp3) is 0.600. The van der Waals surface area contributed by atoms with E-state index in [1.165, 1.54) is 76.7 Å². The van der Waals surface area contributed by atoms with E-state index in [1.54, 1.807) is 36.4 Å². The first-order chi connectivity index (χ1) is 16.9. The van der Waals surface area contributed by atoms with Crippen LogP contribution in [0.5, 0.6) is 5.75 Å². The van der Waals surface area contributed by atoms with Crippen LogP contribution in [-0.4, -0.2) is 24.7 Å². The first-order valence-electron chi connectivity index (χ1n) is 13.7. The van der Waals surface area contributed by atoms with Crippen LogP contribution in [0.3, 0.4) is 0 Å². The van der Waals surface area contributed by atoms with Crippen molar-refractivity contribution in [1.29, 1.82) is 0 Å². The molecule has 0 aliphatic carbocycles. The molecule has 0 bridgehead atoms. The van der Waals surface area contributed by atoms with E-state index in [-0.39, 0.29) is 21.6 Å². The number of hydrogen-bond acceptors (Lipinski definition) is 4. The summed E-state index contributed by atoms with van der Waals surface area (Å²) in [5, 5.41) is 19.9. The number of sulfone groups is 1. The average molecular weight is 503 g/mol. The van der Waals surface area contributed by atoms with Gasteiger partial charge in [-0.3, -0.25) is 0 Å². The third-order valence-electron chi connectivity index (χ3n) is 6.74. The van der Waals surface area contributed by atoms with Gasteiger partial charge in [-0.05, 0) is 49.9 Å². The molecular formula is C30H46O4S. The molecule has 0 fully saturated rings. The number of phenolic OH excluding ortho intramolecular Hbond substituents is 1. The van der Waals surface area contributed by atoms with Crippen LogP contribution in [0, 0.1) is 0 Å². The second-order valence-electron chi connectivity index (χ2n) is 9.92. The number of aromatic hydroxyl groups is 1. The summed E-state index contributed by atoms with van der Waals surface area (Å²) < 4.78 is 25.7. The Kier molecular flexibility index (Phi) is 14.1. The zero-order valence-electron chi connectivity index (χ0n) is 21.6. The minimum atomic E-state index is -3.71. The van der Waals surface area contributed by atoms with Crippen LogP contribution in [0.25, 0.3) is 0 Å². The number of hydrogen-bond donors (Lipinski definition) is 2. The van der Waals surface area contributed by atoms with E-state index in [0.29, 0.717) is 12.0 Å². The molecule has 0 saturated heterocycles. The molecule has 2 N–H and O–H groups in total. The molecule has 0 aliphatic rings. The van der Waals surface area contributed by atoms with Gasteiger partial charge in [-0.25, -0.2) is 8.42 Å². The van der Waals surface area contributed by atoms with Gasteiger partial charge in [-0.1, -0.05) is 114 Å². The van der Waals surface area contributed by atoms with Crippen molar-refractivity contribution < 1.29 is 18.6 Å². The van der Waals surface area contributed by atoms with Crippen molar-refractivity contribution >= 4 is 9.84 Å². The highest BCUT2D eigenvalue weighted by Gasteiger charge is 2.22. The predicted molar refractivity (Wildman–Crippen MR) is 145 cm³/mol. The van der Waals surface area contributed by atoms with Crippen LogP contribution in [0.1, 0.15) is 109 Å². The highest BCUT2D eigenvalue weighted by molar-refractivity contribution is 7.91. The van der Waals surface area contributed by atoms with E-state index in [9.17, 15) is 18.6 Å². The van der Waals surface area contributed by atoms with Crippen LogP contribution in [0.4, 0.5) is 0 Å². The van der Waals surface area contributed by atoms with Gasteiger partial charge < -0.3 is 10.2 Å². The molecule has 196 valence electrons. The molecule has 0 amide bonds. The van der Waals surface area contributed by atoms with E-state index >= 15 is 0 Å². The van der Waals surface area contributed by atoms with Gasteiger partial charge in [0.25, 0.3) is 0 Å². The molecule has 35 heavy (non-hydrogen) atoms. The van der Waals surface area contributed by atoms with Gasteiger partial charge >= 0.3 is 0 Å². The lowest BCUT2D eigenvalue weighted by molar-refractivity contribution is 0.180. The van der Waals surface area contributed by atoms with Crippen molar-refractivity contribution in [2.75, 3.05) is 0 Å². The standard InChI is InChI=1S/C30H46O4S/c1-26(31)20-15-12-10-8-6-4-2-3-5-7-9-11-13-16-21-27-22-19-25-29(30(27)32)35(33,34)28-23-17-14-18-24-28/h14,17-19,22-26,31-32H,2-13,15-16,20-21H2,1H3. The Labute approximate surface area is 213 Å². The Balaban J connectivity index is 1.53. The van der Waals surface area contributed by atoms with Crippen molar-refractivity contribution in [2.24, 2.45) is 0 Å². The second-order valence-corrected chi connectivity index (χ2v) is 11.8. The molecule has 0 aliphatic heterocycles. The minimum Gasteiger partial charge on any atom is -0.506 e. The summed E-state index contributed by atoms with van der Waals surface area (Å²) in [6.45, 7) is 1.87. The lowest BCUT2D eigenvalue weighted by Gasteiger charge is -2.11. The summed E-state index contributed by atoms with van der Waals surface area (Å²) >= 11 is 0. The number of aryl methyl sites for hydroxylation is 1. The van der Waals surface area contributed by atoms with Crippen molar-refractivity contribution in [2.45, 2.75) is 126 Å². The average Bonchev–Trinajstić information content (AvgIpc) is 2.85. The van der Waals surface area contributed by atoms with Crippen molar-refractivity contribution in [3.63, 3.8) is 0 Å². The fourth-order valence-electron chi connectivity index (χ4n) is 4.59. The van der Waals surface area contributed by atoms with E-state index in [0.717, 1.165) is 25.7 Å². The van der Waals surface area contributed by atoms with Gasteiger partial charge in [0.2, 0.25) is 9.84 Å². The Morgan fingerprint density at radius 1 is 0.657 bits per heavy atom. The van der Waals surface area contributed by atoms with E-state index in [4.69, 9.17) is 0 Å². The third kappa shape index (κ3) is 11.2. The Morgan fingerprint density at radius 3 is 1.66 bits per heavy atom. The highest BCUT2D eigenvalue weighted by atomic mass is 32.2. The summed E-state index contributed by atoms with van der Waals surface area (Å²) in [6.07, 6.45) is 19.0. The van der Waals surface area contributed by atoms with E-state index in [2.05, 4.69) is 0 Å². The number of aliphatic hydroxyl groups excluding tert-OH is 1. The summed E-state index contributed by atoms with van der Waals surface area (Å²) in [4.78, 5) is 0.203. The van der Waals surface area contributed by atoms with Gasteiger partial charge in [-0.2, -0.15) is 0 Å². The second kappa shape index (κ2) is 16.8. The van der Waals surface area contributed by atoms with Crippen LogP contribution >= 0.6 is 0 Å². The summed E-state index contributed by atoms with van der Waals surface area (Å²) in [5.74, 6) is -0.101. The molecule has 0 spiro atoms. The SMILES string of the molecule is CC(O)CCCCCCCCCCCCCCCCc1cccc(S(=O)(=O)c2ccccc2)c1O. The Hall–Kier alpha value is -1.85. The summed E-state index contributed by atoms with van der Waals surface area (Å²) in [5.41, 5.74) is 0.713. The normalized spacial score (nSPS) is 12.6. The van der Waals surface area contributed by atoms with Gasteiger partial charge in [0.1, 0.15) is 10.6 Å². The lowest BCUT2D eigenvalue weighted by atomic mass is 10.0. The maximum Gasteiger partial charge on any atom is 0.210 e. The lowest BCUT2D eigenvalue weighted by Crippen LogP contribution is -2.03. The molecule has 4 nitrogen and oxygen atoms in total.